The van der Waals surface area contributed by atoms with Gasteiger partial charge in [-0.2, -0.15) is 11.8 Å². The number of carbonyl (C=O) groups is 1. The lowest BCUT2D eigenvalue weighted by atomic mass is 10.1. The van der Waals surface area contributed by atoms with E-state index < -0.39 is 0 Å². The summed E-state index contributed by atoms with van der Waals surface area (Å²) in [6.45, 7) is 5.63. The van der Waals surface area contributed by atoms with Crippen molar-refractivity contribution in [1.29, 1.82) is 0 Å². The maximum atomic E-state index is 11.9. The summed E-state index contributed by atoms with van der Waals surface area (Å²) in [6, 6.07) is 8.29. The van der Waals surface area contributed by atoms with Gasteiger partial charge in [-0.1, -0.05) is 29.8 Å². The van der Waals surface area contributed by atoms with E-state index in [4.69, 9.17) is 11.6 Å². The van der Waals surface area contributed by atoms with Gasteiger partial charge < -0.3 is 4.90 Å². The molecule has 1 aromatic rings. The van der Waals surface area contributed by atoms with Crippen molar-refractivity contribution in [2.24, 2.45) is 0 Å². The highest BCUT2D eigenvalue weighted by atomic mass is 35.5. The van der Waals surface area contributed by atoms with Crippen LogP contribution in [-0.2, 0) is 4.79 Å². The maximum Gasteiger partial charge on any atom is 0.232 e. The topological polar surface area (TPSA) is 23.6 Å². The van der Waals surface area contributed by atoms with Gasteiger partial charge in [0.25, 0.3) is 0 Å². The van der Waals surface area contributed by atoms with Gasteiger partial charge >= 0.3 is 0 Å². The van der Waals surface area contributed by atoms with E-state index in [1.54, 1.807) is 11.8 Å². The smallest absolute Gasteiger partial charge is 0.232 e. The molecule has 1 heterocycles. The third kappa shape index (κ3) is 3.68. The van der Waals surface area contributed by atoms with Gasteiger partial charge in [-0.15, -0.1) is 0 Å². The van der Waals surface area contributed by atoms with Crippen molar-refractivity contribution in [2.45, 2.75) is 13.0 Å². The zero-order chi connectivity index (χ0) is 14.5. The number of nitrogens with zero attached hydrogens (tertiary/aromatic N) is 2. The van der Waals surface area contributed by atoms with Crippen LogP contribution in [0.1, 0.15) is 18.5 Å². The number of hydrogen-bond acceptors (Lipinski definition) is 3. The number of amides is 1. The predicted octanol–water partition coefficient (Wildman–Crippen LogP) is 2.91. The summed E-state index contributed by atoms with van der Waals surface area (Å²) in [7, 11) is 0. The Hall–Kier alpha value is -0.710. The summed E-state index contributed by atoms with van der Waals surface area (Å²) >= 11 is 7.85. The van der Waals surface area contributed by atoms with E-state index >= 15 is 0 Å². The molecule has 20 heavy (non-hydrogen) atoms. The second kappa shape index (κ2) is 7.34. The van der Waals surface area contributed by atoms with E-state index in [1.165, 1.54) is 0 Å². The van der Waals surface area contributed by atoms with Gasteiger partial charge in [0.05, 0.1) is 5.75 Å². The van der Waals surface area contributed by atoms with E-state index in [0.717, 1.165) is 36.8 Å². The van der Waals surface area contributed by atoms with Crippen molar-refractivity contribution < 1.29 is 4.79 Å². The Morgan fingerprint density at radius 3 is 2.55 bits per heavy atom. The zero-order valence-electron chi connectivity index (χ0n) is 12.0. The molecule has 3 nitrogen and oxygen atoms in total. The minimum Gasteiger partial charge on any atom is -0.339 e. The SMILES string of the molecule is CSCC(=O)N1CCN(C(C)c2ccccc2Cl)CC1. The summed E-state index contributed by atoms with van der Waals surface area (Å²) in [6.07, 6.45) is 1.97. The van der Waals surface area contributed by atoms with Crippen molar-refractivity contribution >= 4 is 29.3 Å². The van der Waals surface area contributed by atoms with Crippen molar-refractivity contribution in [3.05, 3.63) is 34.9 Å². The molecule has 5 heteroatoms. The summed E-state index contributed by atoms with van der Waals surface area (Å²) in [4.78, 5) is 16.2. The summed E-state index contributed by atoms with van der Waals surface area (Å²) in [5.41, 5.74) is 1.16. The van der Waals surface area contributed by atoms with Crippen LogP contribution in [0.3, 0.4) is 0 Å². The number of benzene rings is 1. The number of rotatable bonds is 4. The molecule has 1 fully saturated rings. The highest BCUT2D eigenvalue weighted by Crippen LogP contribution is 2.27. The monoisotopic (exact) mass is 312 g/mol. The molecule has 0 N–H and O–H groups in total. The molecule has 1 amide bonds. The second-order valence-corrected chi connectivity index (χ2v) is 6.32. The standard InChI is InChI=1S/C15H21ClN2OS/c1-12(13-5-3-4-6-14(13)16)17-7-9-18(10-8-17)15(19)11-20-2/h3-6,12H,7-11H2,1-2H3. The average Bonchev–Trinajstić information content (AvgIpc) is 2.47. The summed E-state index contributed by atoms with van der Waals surface area (Å²) in [5, 5.41) is 0.820. The van der Waals surface area contributed by atoms with E-state index in [-0.39, 0.29) is 5.91 Å². The Balaban J connectivity index is 1.94. The Bertz CT molecular complexity index is 461. The molecule has 0 aliphatic carbocycles. The van der Waals surface area contributed by atoms with Crippen LogP contribution in [0, 0.1) is 0 Å². The lowest BCUT2D eigenvalue weighted by molar-refractivity contribution is -0.130. The van der Waals surface area contributed by atoms with Crippen LogP contribution in [0.25, 0.3) is 0 Å². The van der Waals surface area contributed by atoms with Gasteiger partial charge in [-0.3, -0.25) is 9.69 Å². The Morgan fingerprint density at radius 1 is 1.30 bits per heavy atom. The van der Waals surface area contributed by atoms with Crippen LogP contribution in [0.4, 0.5) is 0 Å². The van der Waals surface area contributed by atoms with Gasteiger partial charge in [0, 0.05) is 37.2 Å². The van der Waals surface area contributed by atoms with Crippen LogP contribution in [0.5, 0.6) is 0 Å². The van der Waals surface area contributed by atoms with Gasteiger partial charge in [-0.25, -0.2) is 0 Å². The van der Waals surface area contributed by atoms with Gasteiger partial charge in [0.15, 0.2) is 0 Å². The Morgan fingerprint density at radius 2 is 1.95 bits per heavy atom. The molecule has 0 spiro atoms. The highest BCUT2D eigenvalue weighted by Gasteiger charge is 2.25. The van der Waals surface area contributed by atoms with Crippen molar-refractivity contribution in [1.82, 2.24) is 9.80 Å². The first-order chi connectivity index (χ1) is 9.63. The molecule has 2 rings (SSSR count). The molecule has 1 aliphatic heterocycles. The highest BCUT2D eigenvalue weighted by molar-refractivity contribution is 7.99. The first kappa shape index (κ1) is 15.7. The van der Waals surface area contributed by atoms with Gasteiger partial charge in [0.2, 0.25) is 5.91 Å². The minimum absolute atomic E-state index is 0.252. The fourth-order valence-electron chi connectivity index (χ4n) is 2.58. The minimum atomic E-state index is 0.252. The van der Waals surface area contributed by atoms with Crippen LogP contribution in [0.15, 0.2) is 24.3 Å². The first-order valence-corrected chi connectivity index (χ1v) is 8.66. The Kier molecular flexibility index (Phi) is 5.75. The van der Waals surface area contributed by atoms with E-state index in [9.17, 15) is 4.79 Å². The first-order valence-electron chi connectivity index (χ1n) is 6.88. The third-order valence-corrected chi connectivity index (χ3v) is 4.72. The van der Waals surface area contributed by atoms with E-state index in [0.29, 0.717) is 11.8 Å². The fourth-order valence-corrected chi connectivity index (χ4v) is 3.31. The van der Waals surface area contributed by atoms with Crippen LogP contribution < -0.4 is 0 Å². The van der Waals surface area contributed by atoms with Crippen molar-refractivity contribution in [3.63, 3.8) is 0 Å². The second-order valence-electron chi connectivity index (χ2n) is 5.05. The normalized spacial score (nSPS) is 18.1. The largest absolute Gasteiger partial charge is 0.339 e. The average molecular weight is 313 g/mol. The molecule has 0 radical (unpaired) electrons. The Labute approximate surface area is 130 Å². The van der Waals surface area contributed by atoms with Gasteiger partial charge in [0.1, 0.15) is 0 Å². The number of hydrogen-bond donors (Lipinski definition) is 0. The molecule has 0 aromatic heterocycles. The molecular formula is C15H21ClN2OS. The fraction of sp³-hybridized carbons (Fsp3) is 0.533. The number of halogens is 1. The molecule has 110 valence electrons. The van der Waals surface area contributed by atoms with Crippen LogP contribution >= 0.6 is 23.4 Å². The molecular weight excluding hydrogens is 292 g/mol. The molecule has 1 unspecified atom stereocenters. The number of piperazine rings is 1. The maximum absolute atomic E-state index is 11.9. The zero-order valence-corrected chi connectivity index (χ0v) is 13.6. The van der Waals surface area contributed by atoms with E-state index in [2.05, 4.69) is 17.9 Å². The molecule has 1 saturated heterocycles. The lowest BCUT2D eigenvalue weighted by Crippen LogP contribution is -2.49. The van der Waals surface area contributed by atoms with Crippen molar-refractivity contribution in [3.8, 4) is 0 Å². The third-order valence-electron chi connectivity index (χ3n) is 3.84. The molecule has 1 aliphatic rings. The molecule has 1 atom stereocenters. The van der Waals surface area contributed by atoms with Gasteiger partial charge in [-0.05, 0) is 24.8 Å². The van der Waals surface area contributed by atoms with E-state index in [1.807, 2.05) is 29.4 Å². The molecule has 1 aromatic carbocycles. The lowest BCUT2D eigenvalue weighted by Gasteiger charge is -2.38. The number of carbonyl (C=O) groups excluding carboxylic acids is 1. The molecule has 0 saturated carbocycles. The number of thioether (sulfide) groups is 1. The summed E-state index contributed by atoms with van der Waals surface area (Å²) < 4.78 is 0. The quantitative estimate of drug-likeness (QED) is 0.854. The summed E-state index contributed by atoms with van der Waals surface area (Å²) in [5.74, 6) is 0.836. The van der Waals surface area contributed by atoms with Crippen molar-refractivity contribution in [2.75, 3.05) is 38.2 Å². The predicted molar refractivity (Wildman–Crippen MR) is 86.4 cm³/mol. The van der Waals surface area contributed by atoms with Crippen LogP contribution in [0.2, 0.25) is 5.02 Å². The molecule has 0 bridgehead atoms. The van der Waals surface area contributed by atoms with Crippen LogP contribution in [-0.4, -0.2) is 53.9 Å².